The van der Waals surface area contributed by atoms with Crippen molar-refractivity contribution in [2.75, 3.05) is 6.54 Å². The van der Waals surface area contributed by atoms with Crippen molar-refractivity contribution in [1.82, 2.24) is 4.90 Å². The van der Waals surface area contributed by atoms with Crippen molar-refractivity contribution >= 4 is 46.3 Å². The Morgan fingerprint density at radius 1 is 1.24 bits per heavy atom. The first-order valence-corrected chi connectivity index (χ1v) is 9.66. The quantitative estimate of drug-likeness (QED) is 0.396. The van der Waals surface area contributed by atoms with Crippen LogP contribution in [-0.2, 0) is 9.59 Å². The molecule has 1 saturated heterocycles. The number of benzene rings is 1. The van der Waals surface area contributed by atoms with Gasteiger partial charge in [-0.1, -0.05) is 68.5 Å². The maximum absolute atomic E-state index is 12.5. The van der Waals surface area contributed by atoms with Crippen LogP contribution in [0.3, 0.4) is 0 Å². The summed E-state index contributed by atoms with van der Waals surface area (Å²) in [4.78, 5) is 25.1. The Kier molecular flexibility index (Phi) is 7.20. The molecular formula is C19H22NO3S2-. The molecule has 0 aromatic heterocycles. The molecule has 6 heteroatoms. The maximum atomic E-state index is 12.5. The summed E-state index contributed by atoms with van der Waals surface area (Å²) in [6, 6.07) is 8.19. The number of aliphatic carboxylic acids is 1. The number of rotatable bonds is 8. The van der Waals surface area contributed by atoms with E-state index in [1.54, 1.807) is 4.90 Å². The van der Waals surface area contributed by atoms with E-state index in [4.69, 9.17) is 12.2 Å². The van der Waals surface area contributed by atoms with Crippen LogP contribution in [0.2, 0.25) is 0 Å². The van der Waals surface area contributed by atoms with E-state index in [1.807, 2.05) is 18.2 Å². The minimum absolute atomic E-state index is 0.0602. The summed E-state index contributed by atoms with van der Waals surface area (Å²) in [5, 5.41) is 10.4. The second-order valence-electron chi connectivity index (χ2n) is 6.34. The SMILES string of the molecule is CC(C)c1ccc(C=C2SC(=S)N(CCCCCC(=O)[O-])C2=O)cc1. The number of amides is 1. The van der Waals surface area contributed by atoms with Crippen LogP contribution < -0.4 is 5.11 Å². The summed E-state index contributed by atoms with van der Waals surface area (Å²) >= 11 is 6.63. The minimum atomic E-state index is -1.03. The monoisotopic (exact) mass is 376 g/mol. The average molecular weight is 377 g/mol. The molecule has 0 bridgehead atoms. The van der Waals surface area contributed by atoms with Gasteiger partial charge >= 0.3 is 0 Å². The Morgan fingerprint density at radius 2 is 1.92 bits per heavy atom. The first-order valence-electron chi connectivity index (χ1n) is 8.43. The number of carboxylic acids is 1. The summed E-state index contributed by atoms with van der Waals surface area (Å²) in [6.07, 6.45) is 3.97. The number of carbonyl (C=O) groups excluding carboxylic acids is 2. The topological polar surface area (TPSA) is 60.4 Å². The molecule has 1 fully saturated rings. The molecule has 134 valence electrons. The van der Waals surface area contributed by atoms with Crippen LogP contribution in [0.15, 0.2) is 29.2 Å². The van der Waals surface area contributed by atoms with E-state index in [9.17, 15) is 14.7 Å². The largest absolute Gasteiger partial charge is 0.550 e. The van der Waals surface area contributed by atoms with Gasteiger partial charge in [-0.3, -0.25) is 9.69 Å². The number of hydrogen-bond acceptors (Lipinski definition) is 5. The number of hydrogen-bond donors (Lipinski definition) is 0. The van der Waals surface area contributed by atoms with Crippen LogP contribution in [0.25, 0.3) is 6.08 Å². The fourth-order valence-corrected chi connectivity index (χ4v) is 3.85. The third kappa shape index (κ3) is 5.68. The predicted molar refractivity (Wildman–Crippen MR) is 104 cm³/mol. The zero-order valence-electron chi connectivity index (χ0n) is 14.5. The van der Waals surface area contributed by atoms with E-state index in [1.165, 1.54) is 17.3 Å². The summed E-state index contributed by atoms with van der Waals surface area (Å²) in [5.74, 6) is -0.621. The fourth-order valence-electron chi connectivity index (χ4n) is 2.54. The number of unbranched alkanes of at least 4 members (excludes halogenated alkanes) is 2. The first kappa shape index (κ1) is 19.7. The zero-order chi connectivity index (χ0) is 18.4. The highest BCUT2D eigenvalue weighted by Crippen LogP contribution is 2.33. The molecule has 0 saturated carbocycles. The molecule has 4 nitrogen and oxygen atoms in total. The Balaban J connectivity index is 1.94. The lowest BCUT2D eigenvalue weighted by atomic mass is 10.0. The molecule has 1 aliphatic rings. The smallest absolute Gasteiger partial charge is 0.266 e. The molecule has 0 unspecified atom stereocenters. The highest BCUT2D eigenvalue weighted by molar-refractivity contribution is 8.26. The fraction of sp³-hybridized carbons (Fsp3) is 0.421. The van der Waals surface area contributed by atoms with Crippen LogP contribution in [-0.4, -0.2) is 27.6 Å². The van der Waals surface area contributed by atoms with E-state index in [-0.39, 0.29) is 12.3 Å². The van der Waals surface area contributed by atoms with Crippen LogP contribution in [0, 0.1) is 0 Å². The van der Waals surface area contributed by atoms with Gasteiger partial charge in [0.2, 0.25) is 0 Å². The molecule has 0 radical (unpaired) electrons. The van der Waals surface area contributed by atoms with E-state index in [2.05, 4.69) is 26.0 Å². The molecule has 1 aromatic carbocycles. The number of carbonyl (C=O) groups is 2. The van der Waals surface area contributed by atoms with Crippen LogP contribution >= 0.6 is 24.0 Å². The van der Waals surface area contributed by atoms with E-state index < -0.39 is 5.97 Å². The van der Waals surface area contributed by atoms with Crippen molar-refractivity contribution < 1.29 is 14.7 Å². The molecule has 0 atom stereocenters. The van der Waals surface area contributed by atoms with Crippen molar-refractivity contribution in [1.29, 1.82) is 0 Å². The number of thiocarbonyl (C=S) groups is 1. The molecule has 2 rings (SSSR count). The van der Waals surface area contributed by atoms with Crippen molar-refractivity contribution in [3.8, 4) is 0 Å². The Bertz CT molecular complexity index is 680. The van der Waals surface area contributed by atoms with Crippen LogP contribution in [0.5, 0.6) is 0 Å². The van der Waals surface area contributed by atoms with Gasteiger partial charge in [-0.15, -0.1) is 0 Å². The van der Waals surface area contributed by atoms with E-state index in [0.29, 0.717) is 28.1 Å². The van der Waals surface area contributed by atoms with Gasteiger partial charge in [-0.05, 0) is 42.4 Å². The van der Waals surface area contributed by atoms with Gasteiger partial charge in [-0.2, -0.15) is 0 Å². The van der Waals surface area contributed by atoms with Gasteiger partial charge in [0.05, 0.1) is 4.91 Å². The zero-order valence-corrected chi connectivity index (χ0v) is 16.1. The van der Waals surface area contributed by atoms with Gasteiger partial charge in [-0.25, -0.2) is 0 Å². The van der Waals surface area contributed by atoms with Crippen molar-refractivity contribution in [3.05, 3.63) is 40.3 Å². The van der Waals surface area contributed by atoms with E-state index in [0.717, 1.165) is 18.4 Å². The molecule has 25 heavy (non-hydrogen) atoms. The normalized spacial score (nSPS) is 16.3. The number of carboxylic acid groups (broad SMARTS) is 1. The highest BCUT2D eigenvalue weighted by atomic mass is 32.2. The van der Waals surface area contributed by atoms with Crippen molar-refractivity contribution in [2.24, 2.45) is 0 Å². The predicted octanol–water partition coefficient (Wildman–Crippen LogP) is 3.32. The first-order chi connectivity index (χ1) is 11.9. The van der Waals surface area contributed by atoms with Crippen LogP contribution in [0.1, 0.15) is 56.6 Å². The van der Waals surface area contributed by atoms with E-state index >= 15 is 0 Å². The average Bonchev–Trinajstić information content (AvgIpc) is 2.82. The number of nitrogens with zero attached hydrogens (tertiary/aromatic N) is 1. The maximum Gasteiger partial charge on any atom is 0.266 e. The summed E-state index contributed by atoms with van der Waals surface area (Å²) in [7, 11) is 0. The molecular weight excluding hydrogens is 354 g/mol. The lowest BCUT2D eigenvalue weighted by Crippen LogP contribution is -2.29. The second-order valence-corrected chi connectivity index (χ2v) is 8.01. The molecule has 0 N–H and O–H groups in total. The lowest BCUT2D eigenvalue weighted by molar-refractivity contribution is -0.305. The van der Waals surface area contributed by atoms with Crippen molar-refractivity contribution in [2.45, 2.75) is 45.4 Å². The van der Waals surface area contributed by atoms with Crippen molar-refractivity contribution in [3.63, 3.8) is 0 Å². The summed E-state index contributed by atoms with van der Waals surface area (Å²) < 4.78 is 0.565. The van der Waals surface area contributed by atoms with Gasteiger partial charge in [0.1, 0.15) is 4.32 Å². The van der Waals surface area contributed by atoms with Gasteiger partial charge in [0.15, 0.2) is 0 Å². The molecule has 1 amide bonds. The Morgan fingerprint density at radius 3 is 2.52 bits per heavy atom. The number of thioether (sulfide) groups is 1. The van der Waals surface area contributed by atoms with Gasteiger partial charge < -0.3 is 9.90 Å². The highest BCUT2D eigenvalue weighted by Gasteiger charge is 2.31. The third-order valence-electron chi connectivity index (χ3n) is 4.04. The summed E-state index contributed by atoms with van der Waals surface area (Å²) in [6.45, 7) is 4.82. The third-order valence-corrected chi connectivity index (χ3v) is 5.41. The Labute approximate surface area is 158 Å². The molecule has 0 aliphatic carbocycles. The molecule has 0 spiro atoms. The van der Waals surface area contributed by atoms with Crippen LogP contribution in [0.4, 0.5) is 0 Å². The standard InChI is InChI=1S/C19H23NO3S2/c1-13(2)15-9-7-14(8-10-15)12-16-18(23)20(19(24)25-16)11-5-3-4-6-17(21)22/h7-10,12-13H,3-6,11H2,1-2H3,(H,21,22)/p-1. The second kappa shape index (κ2) is 9.15. The summed E-state index contributed by atoms with van der Waals surface area (Å²) in [5.41, 5.74) is 2.25. The van der Waals surface area contributed by atoms with Gasteiger partial charge in [0.25, 0.3) is 5.91 Å². The molecule has 1 aromatic rings. The molecule has 1 aliphatic heterocycles. The van der Waals surface area contributed by atoms with Gasteiger partial charge in [0, 0.05) is 12.5 Å². The lowest BCUT2D eigenvalue weighted by Gasteiger charge is -2.14. The Hall–Kier alpha value is -1.66. The minimum Gasteiger partial charge on any atom is -0.550 e. The molecule has 1 heterocycles.